The Morgan fingerprint density at radius 3 is 2.52 bits per heavy atom. The number of rotatable bonds is 4. The fourth-order valence-electron chi connectivity index (χ4n) is 1.55. The minimum atomic E-state index is -0.0990. The van der Waals surface area contributed by atoms with Gasteiger partial charge in [-0.25, -0.2) is 0 Å². The van der Waals surface area contributed by atoms with Crippen LogP contribution in [0.25, 0.3) is 11.3 Å². The second kappa shape index (κ2) is 8.67. The Kier molecular flexibility index (Phi) is 7.22. The maximum absolute atomic E-state index is 11.2. The summed E-state index contributed by atoms with van der Waals surface area (Å²) in [4.78, 5) is 21.0. The number of aldehydes is 1. The van der Waals surface area contributed by atoms with Crippen LogP contribution in [-0.4, -0.2) is 19.1 Å². The van der Waals surface area contributed by atoms with Gasteiger partial charge in [-0.05, 0) is 56.3 Å². The predicted octanol–water partition coefficient (Wildman–Crippen LogP) is 4.23. The minimum Gasteiger partial charge on any atom is -0.453 e. The molecule has 21 heavy (non-hydrogen) atoms. The van der Waals surface area contributed by atoms with E-state index >= 15 is 0 Å². The third kappa shape index (κ3) is 5.04. The number of halogens is 1. The SMILES string of the molecule is CC=O.CNSc1ccc(Cl)c(-c2ccc(C(C)=O)o2)c1. The van der Waals surface area contributed by atoms with Gasteiger partial charge in [-0.2, -0.15) is 0 Å². The number of furan rings is 1. The summed E-state index contributed by atoms with van der Waals surface area (Å²) in [5.41, 5.74) is 0.782. The summed E-state index contributed by atoms with van der Waals surface area (Å²) in [5.74, 6) is 0.842. The van der Waals surface area contributed by atoms with Crippen LogP contribution in [0.4, 0.5) is 0 Å². The van der Waals surface area contributed by atoms with E-state index in [9.17, 15) is 4.79 Å². The molecule has 2 aromatic rings. The molecule has 112 valence electrons. The van der Waals surface area contributed by atoms with E-state index in [-0.39, 0.29) is 5.78 Å². The Morgan fingerprint density at radius 2 is 2.00 bits per heavy atom. The Bertz CT molecular complexity index is 625. The highest BCUT2D eigenvalue weighted by atomic mass is 35.5. The summed E-state index contributed by atoms with van der Waals surface area (Å²) in [7, 11) is 1.85. The molecule has 0 radical (unpaired) electrons. The molecule has 4 nitrogen and oxygen atoms in total. The Hall–Kier alpha value is -1.56. The molecule has 1 aromatic carbocycles. The van der Waals surface area contributed by atoms with E-state index in [1.807, 2.05) is 25.2 Å². The van der Waals surface area contributed by atoms with E-state index in [1.54, 1.807) is 12.1 Å². The second-order valence-electron chi connectivity index (χ2n) is 3.90. The van der Waals surface area contributed by atoms with Gasteiger partial charge in [-0.1, -0.05) is 11.6 Å². The lowest BCUT2D eigenvalue weighted by Crippen LogP contribution is -1.90. The van der Waals surface area contributed by atoms with Crippen molar-refractivity contribution in [3.05, 3.63) is 41.1 Å². The highest BCUT2D eigenvalue weighted by Crippen LogP contribution is 2.32. The zero-order chi connectivity index (χ0) is 15.8. The van der Waals surface area contributed by atoms with Gasteiger partial charge in [0.15, 0.2) is 11.5 Å². The molecule has 0 unspecified atom stereocenters. The minimum absolute atomic E-state index is 0.0990. The molecule has 2 rings (SSSR count). The number of Topliss-reactive ketones (excluding diaryl/α,β-unsaturated/α-hetero) is 1. The van der Waals surface area contributed by atoms with Crippen molar-refractivity contribution in [2.75, 3.05) is 7.05 Å². The number of nitrogens with one attached hydrogen (secondary N) is 1. The monoisotopic (exact) mass is 325 g/mol. The fraction of sp³-hybridized carbons (Fsp3) is 0.200. The molecule has 0 saturated heterocycles. The van der Waals surface area contributed by atoms with E-state index in [1.165, 1.54) is 25.8 Å². The van der Waals surface area contributed by atoms with Crippen LogP contribution in [0.1, 0.15) is 24.4 Å². The number of hydrogen-bond donors (Lipinski definition) is 1. The van der Waals surface area contributed by atoms with Crippen molar-refractivity contribution in [1.82, 2.24) is 4.72 Å². The third-order valence-electron chi connectivity index (χ3n) is 2.38. The fourth-order valence-corrected chi connectivity index (χ4v) is 2.31. The topological polar surface area (TPSA) is 59.3 Å². The normalized spacial score (nSPS) is 9.71. The quantitative estimate of drug-likeness (QED) is 0.517. The van der Waals surface area contributed by atoms with Gasteiger partial charge in [0.1, 0.15) is 12.0 Å². The van der Waals surface area contributed by atoms with Crippen LogP contribution in [0.15, 0.2) is 39.6 Å². The highest BCUT2D eigenvalue weighted by molar-refractivity contribution is 7.97. The molecule has 0 bridgehead atoms. The maximum atomic E-state index is 11.2. The van der Waals surface area contributed by atoms with Gasteiger partial charge < -0.3 is 9.21 Å². The second-order valence-corrected chi connectivity index (χ2v) is 5.39. The van der Waals surface area contributed by atoms with Gasteiger partial charge in [-0.3, -0.25) is 9.52 Å². The summed E-state index contributed by atoms with van der Waals surface area (Å²) < 4.78 is 8.48. The van der Waals surface area contributed by atoms with Crippen molar-refractivity contribution in [3.8, 4) is 11.3 Å². The van der Waals surface area contributed by atoms with Crippen molar-refractivity contribution < 1.29 is 14.0 Å². The summed E-state index contributed by atoms with van der Waals surface area (Å²) in [5, 5.41) is 0.597. The zero-order valence-electron chi connectivity index (χ0n) is 12.0. The zero-order valence-corrected chi connectivity index (χ0v) is 13.5. The Morgan fingerprint density at radius 1 is 1.33 bits per heavy atom. The molecule has 0 atom stereocenters. The lowest BCUT2D eigenvalue weighted by atomic mass is 10.2. The molecule has 1 N–H and O–H groups in total. The lowest BCUT2D eigenvalue weighted by Gasteiger charge is -2.04. The third-order valence-corrected chi connectivity index (χ3v) is 3.40. The molecule has 0 saturated carbocycles. The predicted molar refractivity (Wildman–Crippen MR) is 85.8 cm³/mol. The Balaban J connectivity index is 0.000000677. The average molecular weight is 326 g/mol. The Labute approximate surface area is 133 Å². The molecule has 0 spiro atoms. The average Bonchev–Trinajstić information content (AvgIpc) is 2.92. The number of carbonyl (C=O) groups is 2. The number of ketones is 1. The molecule has 0 aliphatic heterocycles. The maximum Gasteiger partial charge on any atom is 0.194 e. The summed E-state index contributed by atoms with van der Waals surface area (Å²) in [6.45, 7) is 2.91. The van der Waals surface area contributed by atoms with Crippen LogP contribution < -0.4 is 4.72 Å². The van der Waals surface area contributed by atoms with E-state index in [2.05, 4.69) is 4.72 Å². The van der Waals surface area contributed by atoms with Crippen molar-refractivity contribution in [3.63, 3.8) is 0 Å². The molecule has 0 aliphatic rings. The smallest absolute Gasteiger partial charge is 0.194 e. The van der Waals surface area contributed by atoms with Gasteiger partial charge in [0.25, 0.3) is 0 Å². The van der Waals surface area contributed by atoms with Gasteiger partial charge in [0, 0.05) is 17.4 Å². The molecular formula is C15H16ClNO3S. The largest absolute Gasteiger partial charge is 0.453 e. The van der Waals surface area contributed by atoms with Crippen LogP contribution in [-0.2, 0) is 4.79 Å². The molecule has 0 amide bonds. The molecule has 0 fully saturated rings. The van der Waals surface area contributed by atoms with E-state index < -0.39 is 0 Å². The van der Waals surface area contributed by atoms with Crippen LogP contribution in [0.3, 0.4) is 0 Å². The summed E-state index contributed by atoms with van der Waals surface area (Å²) in [6.07, 6.45) is 0.750. The number of carbonyl (C=O) groups excluding carboxylic acids is 2. The molecule has 1 heterocycles. The molecule has 0 aliphatic carbocycles. The van der Waals surface area contributed by atoms with Crippen LogP contribution >= 0.6 is 23.5 Å². The summed E-state index contributed by atoms with van der Waals surface area (Å²) >= 11 is 7.63. The van der Waals surface area contributed by atoms with Crippen LogP contribution in [0.2, 0.25) is 5.02 Å². The van der Waals surface area contributed by atoms with E-state index in [4.69, 9.17) is 20.8 Å². The number of hydrogen-bond acceptors (Lipinski definition) is 5. The van der Waals surface area contributed by atoms with Gasteiger partial charge in [-0.15, -0.1) is 0 Å². The van der Waals surface area contributed by atoms with E-state index in [0.29, 0.717) is 16.5 Å². The molecule has 6 heteroatoms. The first-order chi connectivity index (χ1) is 10.0. The number of benzene rings is 1. The standard InChI is InChI=1S/C13H12ClNO2S.C2H4O/c1-8(16)12-5-6-13(17-12)10-7-9(18-15-2)3-4-11(10)14;1-2-3/h3-7,15H,1-2H3;2H,1H3. The molecular weight excluding hydrogens is 310 g/mol. The van der Waals surface area contributed by atoms with Crippen molar-refractivity contribution in [2.24, 2.45) is 0 Å². The van der Waals surface area contributed by atoms with Gasteiger partial charge in [0.05, 0.1) is 5.02 Å². The van der Waals surface area contributed by atoms with Gasteiger partial charge in [0.2, 0.25) is 0 Å². The van der Waals surface area contributed by atoms with Crippen molar-refractivity contribution in [1.29, 1.82) is 0 Å². The summed E-state index contributed by atoms with van der Waals surface area (Å²) in [6, 6.07) is 9.07. The first-order valence-electron chi connectivity index (χ1n) is 6.17. The lowest BCUT2D eigenvalue weighted by molar-refractivity contribution is -0.106. The van der Waals surface area contributed by atoms with Gasteiger partial charge >= 0.3 is 0 Å². The van der Waals surface area contributed by atoms with Crippen molar-refractivity contribution in [2.45, 2.75) is 18.7 Å². The highest BCUT2D eigenvalue weighted by Gasteiger charge is 2.11. The van der Waals surface area contributed by atoms with Crippen molar-refractivity contribution >= 4 is 35.6 Å². The first-order valence-corrected chi connectivity index (χ1v) is 7.37. The molecule has 1 aromatic heterocycles. The van der Waals surface area contributed by atoms with Crippen LogP contribution in [0, 0.1) is 0 Å². The van der Waals surface area contributed by atoms with E-state index in [0.717, 1.165) is 16.7 Å². The first kappa shape index (κ1) is 17.5. The van der Waals surface area contributed by atoms with Crippen LogP contribution in [0.5, 0.6) is 0 Å².